The van der Waals surface area contributed by atoms with Crippen molar-refractivity contribution in [3.05, 3.63) is 59.4 Å². The second-order valence-electron chi connectivity index (χ2n) is 4.88. The van der Waals surface area contributed by atoms with Gasteiger partial charge < -0.3 is 0 Å². The Bertz CT molecular complexity index is 700. The molecule has 2 aromatic rings. The third kappa shape index (κ3) is 3.17. The minimum absolute atomic E-state index is 0.0608. The number of hydrogen-bond donors (Lipinski definition) is 1. The standard InChI is InChI=1S/C14H15ClN2O2S/c1-14(2,13-9-5-6-10-16-13)17-20(18,19)12-8-4-3-7-11(12)15/h3-10,17H,1-2H3. The van der Waals surface area contributed by atoms with Crippen molar-refractivity contribution < 1.29 is 8.42 Å². The fourth-order valence-electron chi connectivity index (χ4n) is 1.84. The van der Waals surface area contributed by atoms with Crippen LogP contribution >= 0.6 is 11.6 Å². The largest absolute Gasteiger partial charge is 0.259 e. The molecule has 0 radical (unpaired) electrons. The molecule has 106 valence electrons. The molecule has 2 rings (SSSR count). The molecule has 4 nitrogen and oxygen atoms in total. The Morgan fingerprint density at radius 2 is 1.75 bits per heavy atom. The second-order valence-corrected chi connectivity index (χ2v) is 6.93. The van der Waals surface area contributed by atoms with Gasteiger partial charge in [-0.3, -0.25) is 4.98 Å². The quantitative estimate of drug-likeness (QED) is 0.944. The van der Waals surface area contributed by atoms with Gasteiger partial charge in [0.2, 0.25) is 10.0 Å². The summed E-state index contributed by atoms with van der Waals surface area (Å²) < 4.78 is 27.5. The van der Waals surface area contributed by atoms with Crippen LogP contribution in [0.5, 0.6) is 0 Å². The van der Waals surface area contributed by atoms with Crippen molar-refractivity contribution in [3.63, 3.8) is 0 Å². The minimum atomic E-state index is -3.72. The number of nitrogens with zero attached hydrogens (tertiary/aromatic N) is 1. The summed E-state index contributed by atoms with van der Waals surface area (Å²) in [5.41, 5.74) is -0.199. The van der Waals surface area contributed by atoms with Gasteiger partial charge in [-0.05, 0) is 38.1 Å². The Hall–Kier alpha value is -1.43. The third-order valence-corrected chi connectivity index (χ3v) is 4.98. The van der Waals surface area contributed by atoms with Crippen molar-refractivity contribution in [2.24, 2.45) is 0 Å². The van der Waals surface area contributed by atoms with Crippen LogP contribution in [-0.4, -0.2) is 13.4 Å². The van der Waals surface area contributed by atoms with Gasteiger partial charge in [0.05, 0.1) is 16.3 Å². The van der Waals surface area contributed by atoms with Gasteiger partial charge in [0.25, 0.3) is 0 Å². The number of rotatable bonds is 4. The highest BCUT2D eigenvalue weighted by Gasteiger charge is 2.29. The van der Waals surface area contributed by atoms with Crippen LogP contribution in [0.25, 0.3) is 0 Å². The summed E-state index contributed by atoms with van der Waals surface area (Å²) in [4.78, 5) is 4.25. The van der Waals surface area contributed by atoms with E-state index in [0.717, 1.165) is 0 Å². The lowest BCUT2D eigenvalue weighted by Gasteiger charge is -2.25. The summed E-state index contributed by atoms with van der Waals surface area (Å²) in [5.74, 6) is 0. The van der Waals surface area contributed by atoms with E-state index in [-0.39, 0.29) is 9.92 Å². The molecule has 0 aliphatic rings. The first-order valence-electron chi connectivity index (χ1n) is 6.03. The van der Waals surface area contributed by atoms with E-state index < -0.39 is 15.6 Å². The number of hydrogen-bond acceptors (Lipinski definition) is 3. The maximum absolute atomic E-state index is 12.4. The maximum atomic E-state index is 12.4. The second kappa shape index (κ2) is 5.52. The van der Waals surface area contributed by atoms with Gasteiger partial charge in [0.1, 0.15) is 4.90 Å². The molecule has 0 amide bonds. The number of benzene rings is 1. The van der Waals surface area contributed by atoms with Gasteiger partial charge in [0.15, 0.2) is 0 Å². The lowest BCUT2D eigenvalue weighted by atomic mass is 10.0. The molecule has 20 heavy (non-hydrogen) atoms. The van der Waals surface area contributed by atoms with Gasteiger partial charge in [-0.1, -0.05) is 29.8 Å². The first-order chi connectivity index (χ1) is 9.33. The first-order valence-corrected chi connectivity index (χ1v) is 7.89. The van der Waals surface area contributed by atoms with Crippen molar-refractivity contribution in [1.82, 2.24) is 9.71 Å². The predicted molar refractivity (Wildman–Crippen MR) is 79.0 cm³/mol. The molecular weight excluding hydrogens is 296 g/mol. The molecule has 0 aliphatic carbocycles. The van der Waals surface area contributed by atoms with E-state index in [1.807, 2.05) is 6.07 Å². The number of nitrogens with one attached hydrogen (secondary N) is 1. The Morgan fingerprint density at radius 3 is 2.35 bits per heavy atom. The van der Waals surface area contributed by atoms with Gasteiger partial charge >= 0.3 is 0 Å². The molecule has 0 atom stereocenters. The SMILES string of the molecule is CC(C)(NS(=O)(=O)c1ccccc1Cl)c1ccccn1. The molecular formula is C14H15ClN2O2S. The van der Waals surface area contributed by atoms with E-state index in [1.54, 1.807) is 50.4 Å². The molecule has 0 bridgehead atoms. The van der Waals surface area contributed by atoms with Crippen LogP contribution in [0.1, 0.15) is 19.5 Å². The van der Waals surface area contributed by atoms with Gasteiger partial charge in [0, 0.05) is 6.20 Å². The van der Waals surface area contributed by atoms with Crippen molar-refractivity contribution >= 4 is 21.6 Å². The normalized spacial score (nSPS) is 12.3. The Balaban J connectivity index is 2.36. The highest BCUT2D eigenvalue weighted by Crippen LogP contribution is 2.25. The maximum Gasteiger partial charge on any atom is 0.242 e. The summed E-state index contributed by atoms with van der Waals surface area (Å²) in [5, 5.41) is 0.192. The molecule has 1 aromatic carbocycles. The third-order valence-electron chi connectivity index (χ3n) is 2.82. The van der Waals surface area contributed by atoms with E-state index in [9.17, 15) is 8.42 Å². The topological polar surface area (TPSA) is 59.1 Å². The summed E-state index contributed by atoms with van der Waals surface area (Å²) in [6.07, 6.45) is 1.63. The van der Waals surface area contributed by atoms with Gasteiger partial charge in [-0.15, -0.1) is 0 Å². The van der Waals surface area contributed by atoms with E-state index >= 15 is 0 Å². The highest BCUT2D eigenvalue weighted by atomic mass is 35.5. The first kappa shape index (κ1) is 15.0. The molecule has 0 saturated carbocycles. The summed E-state index contributed by atoms with van der Waals surface area (Å²) in [6.45, 7) is 3.51. The molecule has 0 saturated heterocycles. The van der Waals surface area contributed by atoms with Crippen LogP contribution in [-0.2, 0) is 15.6 Å². The lowest BCUT2D eigenvalue weighted by Crippen LogP contribution is -2.41. The van der Waals surface area contributed by atoms with Crippen molar-refractivity contribution in [2.75, 3.05) is 0 Å². The summed E-state index contributed by atoms with van der Waals surface area (Å²) in [6, 6.07) is 11.7. The average Bonchev–Trinajstić information content (AvgIpc) is 2.39. The number of halogens is 1. The van der Waals surface area contributed by atoms with Crippen LogP contribution in [0.3, 0.4) is 0 Å². The van der Waals surface area contributed by atoms with Crippen molar-refractivity contribution in [1.29, 1.82) is 0 Å². The van der Waals surface area contributed by atoms with Crippen LogP contribution in [0.2, 0.25) is 5.02 Å². The summed E-state index contributed by atoms with van der Waals surface area (Å²) >= 11 is 5.95. The van der Waals surface area contributed by atoms with Gasteiger partial charge in [-0.2, -0.15) is 4.72 Å². The molecule has 6 heteroatoms. The molecule has 0 spiro atoms. The van der Waals surface area contributed by atoms with E-state index in [4.69, 9.17) is 11.6 Å². The van der Waals surface area contributed by atoms with E-state index in [2.05, 4.69) is 9.71 Å². The molecule has 0 fully saturated rings. The number of aromatic nitrogens is 1. The number of sulfonamides is 1. The predicted octanol–water partition coefficient (Wildman–Crippen LogP) is 2.95. The molecule has 1 heterocycles. The summed E-state index contributed by atoms with van der Waals surface area (Å²) in [7, 11) is -3.72. The Morgan fingerprint density at radius 1 is 1.10 bits per heavy atom. The Kier molecular flexibility index (Phi) is 4.13. The van der Waals surface area contributed by atoms with Crippen LogP contribution in [0.15, 0.2) is 53.6 Å². The van der Waals surface area contributed by atoms with E-state index in [0.29, 0.717) is 5.69 Å². The van der Waals surface area contributed by atoms with Crippen molar-refractivity contribution in [3.8, 4) is 0 Å². The molecule has 0 aliphatic heterocycles. The monoisotopic (exact) mass is 310 g/mol. The number of pyridine rings is 1. The van der Waals surface area contributed by atoms with Gasteiger partial charge in [-0.25, -0.2) is 8.42 Å². The fraction of sp³-hybridized carbons (Fsp3) is 0.214. The zero-order chi connectivity index (χ0) is 14.8. The highest BCUT2D eigenvalue weighted by molar-refractivity contribution is 7.89. The van der Waals surface area contributed by atoms with E-state index in [1.165, 1.54) is 6.07 Å². The Labute approximate surface area is 123 Å². The minimum Gasteiger partial charge on any atom is -0.259 e. The van der Waals surface area contributed by atoms with Crippen LogP contribution in [0.4, 0.5) is 0 Å². The van der Waals surface area contributed by atoms with Crippen molar-refractivity contribution in [2.45, 2.75) is 24.3 Å². The fourth-order valence-corrected chi connectivity index (χ4v) is 3.75. The smallest absolute Gasteiger partial charge is 0.242 e. The zero-order valence-electron chi connectivity index (χ0n) is 11.2. The molecule has 1 aromatic heterocycles. The van der Waals surface area contributed by atoms with Crippen LogP contribution in [0, 0.1) is 0 Å². The van der Waals surface area contributed by atoms with Crippen LogP contribution < -0.4 is 4.72 Å². The molecule has 0 unspecified atom stereocenters. The zero-order valence-corrected chi connectivity index (χ0v) is 12.7. The lowest BCUT2D eigenvalue weighted by molar-refractivity contribution is 0.460. The average molecular weight is 311 g/mol. The molecule has 1 N–H and O–H groups in total.